The third-order valence-corrected chi connectivity index (χ3v) is 23.6. The fourth-order valence-electron chi connectivity index (χ4n) is 14.5. The molecule has 0 spiro atoms. The van der Waals surface area contributed by atoms with Crippen molar-refractivity contribution in [1.82, 2.24) is 9.13 Å². The van der Waals surface area contributed by atoms with Gasteiger partial charge in [-0.05, 0) is 146 Å². The van der Waals surface area contributed by atoms with Crippen LogP contribution in [0.3, 0.4) is 0 Å². The average molecular weight is 1270 g/mol. The molecule has 6 heteroatoms. The number of nitrogens with zero attached hydrogens (tertiary/aromatic N) is 2. The van der Waals surface area contributed by atoms with Gasteiger partial charge in [0.2, 0.25) is 0 Å². The quantitative estimate of drug-likeness (QED) is 0.143. The molecule has 0 saturated heterocycles. The largest absolute Gasteiger partial charge is 0.308 e. The van der Waals surface area contributed by atoms with Crippen LogP contribution in [0.4, 0.5) is 0 Å². The van der Waals surface area contributed by atoms with Crippen LogP contribution in [0.2, 0.25) is 0 Å². The third-order valence-electron chi connectivity index (χ3n) is 18.8. The van der Waals surface area contributed by atoms with Crippen LogP contribution < -0.4 is 0 Å². The van der Waals surface area contributed by atoms with E-state index in [-0.39, 0.29) is 0 Å². The predicted molar refractivity (Wildman–Crippen MR) is 411 cm³/mol. The average Bonchev–Trinajstić information content (AvgIpc) is 1.58. The molecular formula is C88H54N2S4. The van der Waals surface area contributed by atoms with E-state index in [0.29, 0.717) is 0 Å². The standard InChI is InChI=1S/2C44H27NS2/c1-3-12-28(13-4-1)34-20-10-21-37-41-33(19-11-23-39(41)46-43(34)37)31-15-9-14-29(26-31)30-24-25-36-40(27-30)47-44-35-18-7-8-22-38(35)45(42(36)44)32-16-5-2-6-17-32;1-3-11-28(12-4-1)30-22-24-40-38(26-30)35-19-10-18-34(43(35)46-40)32-14-9-13-29(25-32)31-21-23-37-41(27-31)47-44-36-17-7-8-20-39(36)45(42(37)44)33-15-5-2-6-16-33/h2*1-27H. The van der Waals surface area contributed by atoms with Gasteiger partial charge in [0.05, 0.1) is 31.5 Å². The number of fused-ring (bicyclic) bond motifs is 16. The van der Waals surface area contributed by atoms with Gasteiger partial charge in [-0.15, -0.1) is 45.3 Å². The zero-order chi connectivity index (χ0) is 61.8. The summed E-state index contributed by atoms with van der Waals surface area (Å²) in [5.41, 5.74) is 22.6. The fourth-order valence-corrected chi connectivity index (χ4v) is 19.5. The van der Waals surface area contributed by atoms with Crippen molar-refractivity contribution in [1.29, 1.82) is 0 Å². The number of benzene rings is 14. The van der Waals surface area contributed by atoms with Crippen LogP contribution in [-0.2, 0) is 0 Å². The van der Waals surface area contributed by atoms with Crippen LogP contribution in [0.5, 0.6) is 0 Å². The van der Waals surface area contributed by atoms with Crippen molar-refractivity contribution in [3.63, 3.8) is 0 Å². The van der Waals surface area contributed by atoms with Crippen molar-refractivity contribution in [2.24, 2.45) is 0 Å². The molecular weight excluding hydrogens is 1210 g/mol. The molecule has 0 bridgehead atoms. The summed E-state index contributed by atoms with van der Waals surface area (Å²) in [6.45, 7) is 0. The number of rotatable bonds is 8. The summed E-state index contributed by atoms with van der Waals surface area (Å²) in [5.74, 6) is 0. The van der Waals surface area contributed by atoms with Gasteiger partial charge < -0.3 is 9.13 Å². The lowest BCUT2D eigenvalue weighted by atomic mass is 9.95. The molecule has 0 unspecified atom stereocenters. The minimum atomic E-state index is 1.20. The molecule has 2 nitrogen and oxygen atoms in total. The molecule has 20 rings (SSSR count). The molecule has 0 fully saturated rings. The summed E-state index contributed by atoms with van der Waals surface area (Å²) in [4.78, 5) is 0. The first-order valence-electron chi connectivity index (χ1n) is 31.9. The molecule has 6 aromatic heterocycles. The van der Waals surface area contributed by atoms with Crippen LogP contribution in [0.1, 0.15) is 0 Å². The highest BCUT2D eigenvalue weighted by Gasteiger charge is 2.22. The predicted octanol–water partition coefficient (Wildman–Crippen LogP) is 26.7. The Kier molecular flexibility index (Phi) is 13.1. The lowest BCUT2D eigenvalue weighted by Crippen LogP contribution is -1.92. The van der Waals surface area contributed by atoms with Gasteiger partial charge in [0.25, 0.3) is 0 Å². The van der Waals surface area contributed by atoms with Crippen LogP contribution >= 0.6 is 45.3 Å². The van der Waals surface area contributed by atoms with Gasteiger partial charge in [-0.25, -0.2) is 0 Å². The Morgan fingerprint density at radius 1 is 0.191 bits per heavy atom. The minimum absolute atomic E-state index is 1.20. The van der Waals surface area contributed by atoms with Gasteiger partial charge in [-0.1, -0.05) is 249 Å². The monoisotopic (exact) mass is 1270 g/mol. The van der Waals surface area contributed by atoms with Crippen molar-refractivity contribution in [2.75, 3.05) is 0 Å². The maximum Gasteiger partial charge on any atom is 0.0727 e. The van der Waals surface area contributed by atoms with Gasteiger partial charge in [-0.2, -0.15) is 0 Å². The normalized spacial score (nSPS) is 11.8. The molecule has 94 heavy (non-hydrogen) atoms. The number of hydrogen-bond acceptors (Lipinski definition) is 4. The lowest BCUT2D eigenvalue weighted by Gasteiger charge is -2.10. The molecule has 0 aliphatic carbocycles. The first-order valence-corrected chi connectivity index (χ1v) is 35.1. The Bertz CT molecular complexity index is 6340. The van der Waals surface area contributed by atoms with Gasteiger partial charge in [0, 0.05) is 82.7 Å². The minimum Gasteiger partial charge on any atom is -0.308 e. The van der Waals surface area contributed by atoms with E-state index >= 15 is 0 Å². The summed E-state index contributed by atoms with van der Waals surface area (Å²) in [6.07, 6.45) is 0. The van der Waals surface area contributed by atoms with Crippen molar-refractivity contribution in [3.8, 4) is 78.1 Å². The summed E-state index contributed by atoms with van der Waals surface area (Å²) in [7, 11) is 0. The number of hydrogen-bond donors (Lipinski definition) is 0. The van der Waals surface area contributed by atoms with E-state index in [9.17, 15) is 0 Å². The maximum absolute atomic E-state index is 2.43. The van der Waals surface area contributed by atoms with Gasteiger partial charge >= 0.3 is 0 Å². The second-order valence-corrected chi connectivity index (χ2v) is 28.4. The van der Waals surface area contributed by atoms with Crippen molar-refractivity contribution < 1.29 is 0 Å². The Labute approximate surface area is 558 Å². The smallest absolute Gasteiger partial charge is 0.0727 e. The van der Waals surface area contributed by atoms with E-state index in [1.165, 1.54) is 181 Å². The van der Waals surface area contributed by atoms with Crippen LogP contribution in [0.15, 0.2) is 328 Å². The number of thiophene rings is 4. The lowest BCUT2D eigenvalue weighted by molar-refractivity contribution is 1.19. The van der Waals surface area contributed by atoms with E-state index in [4.69, 9.17) is 0 Å². The molecule has 0 amide bonds. The zero-order valence-electron chi connectivity index (χ0n) is 50.7. The van der Waals surface area contributed by atoms with E-state index < -0.39 is 0 Å². The topological polar surface area (TPSA) is 9.86 Å². The Balaban J connectivity index is 0.000000133. The highest BCUT2D eigenvalue weighted by Crippen LogP contribution is 2.49. The summed E-state index contributed by atoms with van der Waals surface area (Å²) in [5, 5.41) is 10.5. The van der Waals surface area contributed by atoms with E-state index in [1.807, 2.05) is 45.3 Å². The summed E-state index contributed by atoms with van der Waals surface area (Å²) in [6, 6.07) is 120. The Morgan fingerprint density at radius 2 is 0.585 bits per heavy atom. The fraction of sp³-hybridized carbons (Fsp3) is 0. The highest BCUT2D eigenvalue weighted by atomic mass is 32.1. The van der Waals surface area contributed by atoms with Crippen LogP contribution in [-0.4, -0.2) is 9.13 Å². The van der Waals surface area contributed by atoms with E-state index in [1.54, 1.807) is 0 Å². The van der Waals surface area contributed by atoms with E-state index in [2.05, 4.69) is 337 Å². The Morgan fingerprint density at radius 3 is 1.18 bits per heavy atom. The first kappa shape index (κ1) is 54.7. The molecule has 0 N–H and O–H groups in total. The molecule has 14 aromatic carbocycles. The first-order chi connectivity index (χ1) is 46.6. The molecule has 0 atom stereocenters. The molecule has 0 saturated carbocycles. The van der Waals surface area contributed by atoms with E-state index in [0.717, 1.165) is 0 Å². The van der Waals surface area contributed by atoms with Crippen LogP contribution in [0.25, 0.3) is 181 Å². The van der Waals surface area contributed by atoms with Crippen molar-refractivity contribution in [2.45, 2.75) is 0 Å². The maximum atomic E-state index is 2.43. The van der Waals surface area contributed by atoms with Crippen molar-refractivity contribution >= 4 is 148 Å². The second-order valence-electron chi connectivity index (χ2n) is 24.2. The van der Waals surface area contributed by atoms with Crippen LogP contribution in [0, 0.1) is 0 Å². The number of para-hydroxylation sites is 4. The number of aromatic nitrogens is 2. The Hall–Kier alpha value is -11.0. The van der Waals surface area contributed by atoms with Crippen molar-refractivity contribution in [3.05, 3.63) is 328 Å². The van der Waals surface area contributed by atoms with Gasteiger partial charge in [0.1, 0.15) is 0 Å². The van der Waals surface area contributed by atoms with Gasteiger partial charge in [0.15, 0.2) is 0 Å². The zero-order valence-corrected chi connectivity index (χ0v) is 54.0. The second kappa shape index (κ2) is 22.4. The SMILES string of the molecule is c1ccc(-c2ccc3sc4c(-c5cccc(-c6ccc7c(c6)sc6c8ccccc8n(-c8ccccc8)c76)c5)cccc4c3c2)cc1.c1ccc(-c2cccc3c2sc2cccc(-c4cccc(-c5ccc6c(c5)sc5c7ccccc7n(-c7ccccc7)c65)c4)c23)cc1. The highest BCUT2D eigenvalue weighted by molar-refractivity contribution is 7.28. The third kappa shape index (κ3) is 9.01. The molecule has 440 valence electrons. The molecule has 0 aliphatic heterocycles. The molecule has 6 heterocycles. The molecule has 0 aliphatic rings. The molecule has 20 aromatic rings. The summed E-state index contributed by atoms with van der Waals surface area (Å²) >= 11 is 7.59. The molecule has 0 radical (unpaired) electrons. The summed E-state index contributed by atoms with van der Waals surface area (Å²) < 4.78 is 15.5. The van der Waals surface area contributed by atoms with Gasteiger partial charge in [-0.3, -0.25) is 0 Å².